The largest absolute Gasteiger partial charge is 0.397 e. The molecule has 19 heavy (non-hydrogen) atoms. The van der Waals surface area contributed by atoms with Crippen LogP contribution in [0.15, 0.2) is 30.4 Å². The highest BCUT2D eigenvalue weighted by atomic mass is 32.1. The Morgan fingerprint density at radius 1 is 1.53 bits per heavy atom. The summed E-state index contributed by atoms with van der Waals surface area (Å²) in [4.78, 5) is 12.4. The predicted molar refractivity (Wildman–Crippen MR) is 78.0 cm³/mol. The molecule has 2 rings (SSSR count). The van der Waals surface area contributed by atoms with Crippen molar-refractivity contribution in [3.8, 4) is 0 Å². The van der Waals surface area contributed by atoms with Crippen LogP contribution in [-0.4, -0.2) is 12.5 Å². The van der Waals surface area contributed by atoms with E-state index in [9.17, 15) is 9.18 Å². The van der Waals surface area contributed by atoms with E-state index >= 15 is 0 Å². The highest BCUT2D eigenvalue weighted by molar-refractivity contribution is 7.21. The number of nitrogens with one attached hydrogen (secondary N) is 1. The summed E-state index contributed by atoms with van der Waals surface area (Å²) in [6.07, 6.45) is 4.69. The standard InChI is InChI=1S/C14H15FN2OS/c1-2-3-4-7-17-14(18)13-12(16)10-8-9(15)5-6-11(10)19-13/h2-3,5-6,8H,4,7,16H2,1H3,(H,17,18)/b3-2+. The van der Waals surface area contributed by atoms with E-state index in [1.54, 1.807) is 6.07 Å². The first-order chi connectivity index (χ1) is 9.13. The maximum atomic E-state index is 13.2. The van der Waals surface area contributed by atoms with Crippen molar-refractivity contribution in [1.82, 2.24) is 5.32 Å². The van der Waals surface area contributed by atoms with Crippen LogP contribution in [-0.2, 0) is 0 Å². The average Bonchev–Trinajstić information content (AvgIpc) is 2.72. The SMILES string of the molecule is C/C=C/CCNC(=O)c1sc2ccc(F)cc2c1N. The number of fused-ring (bicyclic) bond motifs is 1. The molecular formula is C14H15FN2OS. The predicted octanol–water partition coefficient (Wildman–Crippen LogP) is 3.32. The molecule has 0 atom stereocenters. The van der Waals surface area contributed by atoms with Crippen LogP contribution in [0.3, 0.4) is 0 Å². The molecule has 1 aromatic carbocycles. The third kappa shape index (κ3) is 2.93. The smallest absolute Gasteiger partial charge is 0.263 e. The van der Waals surface area contributed by atoms with Crippen molar-refractivity contribution in [3.63, 3.8) is 0 Å². The molecule has 0 aliphatic heterocycles. The first-order valence-electron chi connectivity index (χ1n) is 6.00. The fraction of sp³-hybridized carbons (Fsp3) is 0.214. The van der Waals surface area contributed by atoms with Gasteiger partial charge in [0.25, 0.3) is 5.91 Å². The zero-order chi connectivity index (χ0) is 13.8. The summed E-state index contributed by atoms with van der Waals surface area (Å²) in [5, 5.41) is 3.40. The number of carbonyl (C=O) groups excluding carboxylic acids is 1. The molecule has 1 heterocycles. The summed E-state index contributed by atoms with van der Waals surface area (Å²) in [5.41, 5.74) is 6.26. The second-order valence-electron chi connectivity index (χ2n) is 4.10. The van der Waals surface area contributed by atoms with E-state index in [0.29, 0.717) is 22.5 Å². The third-order valence-electron chi connectivity index (χ3n) is 2.73. The average molecular weight is 278 g/mol. The van der Waals surface area contributed by atoms with Crippen LogP contribution in [0, 0.1) is 5.82 Å². The van der Waals surface area contributed by atoms with E-state index in [2.05, 4.69) is 5.32 Å². The molecule has 100 valence electrons. The first kappa shape index (κ1) is 13.5. The molecule has 0 unspecified atom stereocenters. The van der Waals surface area contributed by atoms with E-state index in [4.69, 9.17) is 5.73 Å². The summed E-state index contributed by atoms with van der Waals surface area (Å²) in [5.74, 6) is -0.555. The molecule has 0 saturated carbocycles. The number of hydrogen-bond donors (Lipinski definition) is 2. The Hall–Kier alpha value is -1.88. The number of amides is 1. The molecule has 0 bridgehead atoms. The van der Waals surface area contributed by atoms with Gasteiger partial charge < -0.3 is 11.1 Å². The van der Waals surface area contributed by atoms with Gasteiger partial charge in [-0.05, 0) is 31.5 Å². The number of benzene rings is 1. The summed E-state index contributed by atoms with van der Waals surface area (Å²) in [6.45, 7) is 2.49. The highest BCUT2D eigenvalue weighted by Gasteiger charge is 2.16. The van der Waals surface area contributed by atoms with Gasteiger partial charge in [0.2, 0.25) is 0 Å². The molecule has 3 nitrogen and oxygen atoms in total. The molecule has 0 radical (unpaired) electrons. The lowest BCUT2D eigenvalue weighted by molar-refractivity contribution is 0.0959. The van der Waals surface area contributed by atoms with Crippen molar-refractivity contribution >= 4 is 33.0 Å². The molecule has 2 aromatic rings. The lowest BCUT2D eigenvalue weighted by Gasteiger charge is -2.01. The van der Waals surface area contributed by atoms with Crippen LogP contribution >= 0.6 is 11.3 Å². The Balaban J connectivity index is 2.20. The number of halogens is 1. The fourth-order valence-corrected chi connectivity index (χ4v) is 2.79. The molecule has 1 amide bonds. The van der Waals surface area contributed by atoms with Crippen molar-refractivity contribution in [2.45, 2.75) is 13.3 Å². The number of nitrogen functional groups attached to an aromatic ring is 1. The Labute approximate surface area is 114 Å². The summed E-state index contributed by atoms with van der Waals surface area (Å²) < 4.78 is 14.0. The van der Waals surface area contributed by atoms with Gasteiger partial charge in [-0.15, -0.1) is 11.3 Å². The normalized spacial score (nSPS) is 11.3. The van der Waals surface area contributed by atoms with Gasteiger partial charge >= 0.3 is 0 Å². The van der Waals surface area contributed by atoms with Gasteiger partial charge in [-0.2, -0.15) is 0 Å². The molecule has 0 spiro atoms. The van der Waals surface area contributed by atoms with Crippen molar-refractivity contribution in [3.05, 3.63) is 41.0 Å². The van der Waals surface area contributed by atoms with E-state index < -0.39 is 0 Å². The van der Waals surface area contributed by atoms with E-state index in [1.165, 1.54) is 23.5 Å². The number of carbonyl (C=O) groups is 1. The third-order valence-corrected chi connectivity index (χ3v) is 3.91. The quantitative estimate of drug-likeness (QED) is 0.666. The summed E-state index contributed by atoms with van der Waals surface area (Å²) in [7, 11) is 0. The van der Waals surface area contributed by atoms with Crippen molar-refractivity contribution < 1.29 is 9.18 Å². The minimum absolute atomic E-state index is 0.205. The number of anilines is 1. The Kier molecular flexibility index (Phi) is 4.16. The van der Waals surface area contributed by atoms with Gasteiger partial charge in [-0.25, -0.2) is 4.39 Å². The molecule has 1 aromatic heterocycles. The van der Waals surface area contributed by atoms with E-state index in [0.717, 1.165) is 11.1 Å². The Morgan fingerprint density at radius 3 is 3.05 bits per heavy atom. The second-order valence-corrected chi connectivity index (χ2v) is 5.15. The topological polar surface area (TPSA) is 55.1 Å². The Bertz CT molecular complexity index is 634. The van der Waals surface area contributed by atoms with Crippen LogP contribution in [0.5, 0.6) is 0 Å². The number of hydrogen-bond acceptors (Lipinski definition) is 3. The van der Waals surface area contributed by atoms with Crippen LogP contribution in [0.4, 0.5) is 10.1 Å². The molecule has 0 aliphatic carbocycles. The molecule has 5 heteroatoms. The van der Waals surface area contributed by atoms with Crippen LogP contribution < -0.4 is 11.1 Å². The minimum Gasteiger partial charge on any atom is -0.397 e. The second kappa shape index (κ2) is 5.84. The molecule has 0 fully saturated rings. The Morgan fingerprint density at radius 2 is 2.32 bits per heavy atom. The number of nitrogens with two attached hydrogens (primary N) is 1. The van der Waals surface area contributed by atoms with Crippen LogP contribution in [0.25, 0.3) is 10.1 Å². The number of thiophene rings is 1. The van der Waals surface area contributed by atoms with Gasteiger partial charge in [-0.1, -0.05) is 12.2 Å². The number of rotatable bonds is 4. The molecule has 0 saturated heterocycles. The lowest BCUT2D eigenvalue weighted by atomic mass is 10.2. The maximum absolute atomic E-state index is 13.2. The van der Waals surface area contributed by atoms with E-state index in [1.807, 2.05) is 19.1 Å². The van der Waals surface area contributed by atoms with Gasteiger partial charge in [0, 0.05) is 16.6 Å². The van der Waals surface area contributed by atoms with Crippen LogP contribution in [0.1, 0.15) is 23.0 Å². The zero-order valence-electron chi connectivity index (χ0n) is 10.6. The van der Waals surface area contributed by atoms with Crippen LogP contribution in [0.2, 0.25) is 0 Å². The summed E-state index contributed by atoms with van der Waals surface area (Å²) in [6, 6.07) is 4.37. The number of allylic oxidation sites excluding steroid dienone is 1. The molecular weight excluding hydrogens is 263 g/mol. The molecule has 3 N–H and O–H groups in total. The van der Waals surface area contributed by atoms with Crippen molar-refractivity contribution in [2.75, 3.05) is 12.3 Å². The van der Waals surface area contributed by atoms with Crippen molar-refractivity contribution in [2.24, 2.45) is 0 Å². The van der Waals surface area contributed by atoms with Gasteiger partial charge in [0.1, 0.15) is 10.7 Å². The van der Waals surface area contributed by atoms with Gasteiger partial charge in [-0.3, -0.25) is 4.79 Å². The monoisotopic (exact) mass is 278 g/mol. The van der Waals surface area contributed by atoms with Crippen molar-refractivity contribution in [1.29, 1.82) is 0 Å². The summed E-state index contributed by atoms with van der Waals surface area (Å²) >= 11 is 1.28. The first-order valence-corrected chi connectivity index (χ1v) is 6.82. The maximum Gasteiger partial charge on any atom is 0.263 e. The fourth-order valence-electron chi connectivity index (χ4n) is 1.77. The molecule has 0 aliphatic rings. The minimum atomic E-state index is -0.350. The van der Waals surface area contributed by atoms with Gasteiger partial charge in [0.15, 0.2) is 0 Å². The highest BCUT2D eigenvalue weighted by Crippen LogP contribution is 2.33. The van der Waals surface area contributed by atoms with Gasteiger partial charge in [0.05, 0.1) is 5.69 Å². The lowest BCUT2D eigenvalue weighted by Crippen LogP contribution is -2.23. The zero-order valence-corrected chi connectivity index (χ0v) is 11.4. The van der Waals surface area contributed by atoms with E-state index in [-0.39, 0.29) is 11.7 Å².